The third-order valence-electron chi connectivity index (χ3n) is 4.96. The number of carbonyl (C=O) groups is 1. The summed E-state index contributed by atoms with van der Waals surface area (Å²) >= 11 is 1.85. The Morgan fingerprint density at radius 2 is 2.20 bits per heavy atom. The number of hydrogen-bond donors (Lipinski definition) is 0. The van der Waals surface area contributed by atoms with E-state index in [1.807, 2.05) is 11.3 Å². The van der Waals surface area contributed by atoms with E-state index >= 15 is 0 Å². The van der Waals surface area contributed by atoms with E-state index in [9.17, 15) is 4.79 Å². The molecular formula is C16H24N2OS. The average molecular weight is 292 g/mol. The highest BCUT2D eigenvalue weighted by Gasteiger charge is 2.44. The van der Waals surface area contributed by atoms with Crippen molar-refractivity contribution in [2.75, 3.05) is 19.6 Å². The summed E-state index contributed by atoms with van der Waals surface area (Å²) in [6.07, 6.45) is 5.39. The molecule has 0 aromatic carbocycles. The molecule has 3 rings (SSSR count). The van der Waals surface area contributed by atoms with Gasteiger partial charge in [0.25, 0.3) is 0 Å². The van der Waals surface area contributed by atoms with Crippen LogP contribution >= 0.6 is 11.3 Å². The molecule has 1 atom stereocenters. The lowest BCUT2D eigenvalue weighted by Crippen LogP contribution is -2.46. The Hall–Kier alpha value is -0.870. The molecule has 2 aliphatic rings. The summed E-state index contributed by atoms with van der Waals surface area (Å²) in [7, 11) is 0. The van der Waals surface area contributed by atoms with E-state index in [4.69, 9.17) is 0 Å². The van der Waals surface area contributed by atoms with Crippen molar-refractivity contribution in [2.24, 2.45) is 0 Å². The van der Waals surface area contributed by atoms with Gasteiger partial charge < -0.3 is 4.90 Å². The molecule has 3 heterocycles. The van der Waals surface area contributed by atoms with E-state index in [1.54, 1.807) is 0 Å². The van der Waals surface area contributed by atoms with Crippen molar-refractivity contribution in [2.45, 2.75) is 51.1 Å². The second-order valence-electron chi connectivity index (χ2n) is 6.07. The molecule has 0 N–H and O–H groups in total. The number of amides is 1. The van der Waals surface area contributed by atoms with Gasteiger partial charge in [0.1, 0.15) is 0 Å². The van der Waals surface area contributed by atoms with Gasteiger partial charge in [-0.3, -0.25) is 9.69 Å². The maximum atomic E-state index is 12.0. The van der Waals surface area contributed by atoms with Crippen molar-refractivity contribution in [3.05, 3.63) is 22.4 Å². The average Bonchev–Trinajstić information content (AvgIpc) is 2.99. The number of likely N-dealkylation sites (tertiary alicyclic amines) is 2. The van der Waals surface area contributed by atoms with Crippen molar-refractivity contribution in [3.8, 4) is 0 Å². The standard InChI is InChI=1S/C16H24N2OS/c1-2-18-15(19)6-8-16(18)7-4-10-17(11-9-16)13-14-5-3-12-20-14/h3,5,12H,2,4,6-11,13H2,1H3/t16-/m1/s1. The van der Waals surface area contributed by atoms with Crippen LogP contribution in [0.1, 0.15) is 43.9 Å². The number of thiophene rings is 1. The zero-order chi connectivity index (χ0) is 14.0. The normalized spacial score (nSPS) is 28.2. The summed E-state index contributed by atoms with van der Waals surface area (Å²) in [6, 6.07) is 4.36. The van der Waals surface area contributed by atoms with Crippen LogP contribution in [0, 0.1) is 0 Å². The first-order valence-corrected chi connectivity index (χ1v) is 8.67. The summed E-state index contributed by atoms with van der Waals surface area (Å²) in [5, 5.41) is 2.16. The maximum absolute atomic E-state index is 12.0. The molecule has 4 heteroatoms. The van der Waals surface area contributed by atoms with Crippen LogP contribution in [0.2, 0.25) is 0 Å². The van der Waals surface area contributed by atoms with Crippen LogP contribution in [0.3, 0.4) is 0 Å². The largest absolute Gasteiger partial charge is 0.337 e. The Labute approximate surface area is 125 Å². The van der Waals surface area contributed by atoms with Gasteiger partial charge in [-0.2, -0.15) is 0 Å². The highest BCUT2D eigenvalue weighted by Crippen LogP contribution is 2.39. The minimum absolute atomic E-state index is 0.177. The molecule has 20 heavy (non-hydrogen) atoms. The minimum Gasteiger partial charge on any atom is -0.337 e. The molecule has 1 aromatic rings. The smallest absolute Gasteiger partial charge is 0.223 e. The summed E-state index contributed by atoms with van der Waals surface area (Å²) in [4.78, 5) is 18.2. The Bertz CT molecular complexity index is 459. The van der Waals surface area contributed by atoms with Crippen molar-refractivity contribution < 1.29 is 4.79 Å². The molecule has 2 saturated heterocycles. The zero-order valence-electron chi connectivity index (χ0n) is 12.3. The summed E-state index contributed by atoms with van der Waals surface area (Å²) in [5.41, 5.74) is 0.177. The Balaban J connectivity index is 1.66. The van der Waals surface area contributed by atoms with E-state index in [0.717, 1.165) is 38.9 Å². The fourth-order valence-electron chi connectivity index (χ4n) is 3.92. The Morgan fingerprint density at radius 3 is 2.95 bits per heavy atom. The van der Waals surface area contributed by atoms with E-state index in [1.165, 1.54) is 24.3 Å². The number of hydrogen-bond acceptors (Lipinski definition) is 3. The van der Waals surface area contributed by atoms with Gasteiger partial charge in [-0.05, 0) is 50.6 Å². The monoisotopic (exact) mass is 292 g/mol. The molecule has 2 aliphatic heterocycles. The first-order valence-electron chi connectivity index (χ1n) is 7.79. The van der Waals surface area contributed by atoms with Gasteiger partial charge >= 0.3 is 0 Å². The van der Waals surface area contributed by atoms with Gasteiger partial charge in [0, 0.05) is 36.5 Å². The van der Waals surface area contributed by atoms with Crippen LogP contribution in [-0.4, -0.2) is 40.9 Å². The molecule has 0 radical (unpaired) electrons. The van der Waals surface area contributed by atoms with Crippen molar-refractivity contribution >= 4 is 17.2 Å². The lowest BCUT2D eigenvalue weighted by atomic mass is 9.88. The minimum atomic E-state index is 0.177. The van der Waals surface area contributed by atoms with E-state index < -0.39 is 0 Å². The molecule has 110 valence electrons. The third-order valence-corrected chi connectivity index (χ3v) is 5.82. The topological polar surface area (TPSA) is 23.6 Å². The fourth-order valence-corrected chi connectivity index (χ4v) is 4.67. The summed E-state index contributed by atoms with van der Waals surface area (Å²) < 4.78 is 0. The van der Waals surface area contributed by atoms with Gasteiger partial charge in [0.05, 0.1) is 0 Å². The molecule has 0 bridgehead atoms. The Kier molecular flexibility index (Phi) is 4.13. The van der Waals surface area contributed by atoms with Crippen LogP contribution < -0.4 is 0 Å². The van der Waals surface area contributed by atoms with E-state index in [2.05, 4.69) is 34.2 Å². The Morgan fingerprint density at radius 1 is 1.30 bits per heavy atom. The molecule has 1 spiro atoms. The van der Waals surface area contributed by atoms with Gasteiger partial charge in [0.15, 0.2) is 0 Å². The highest BCUT2D eigenvalue weighted by atomic mass is 32.1. The number of carbonyl (C=O) groups excluding carboxylic acids is 1. The first kappa shape index (κ1) is 14.1. The summed E-state index contributed by atoms with van der Waals surface area (Å²) in [5.74, 6) is 0.374. The van der Waals surface area contributed by atoms with Gasteiger partial charge in [0.2, 0.25) is 5.91 Å². The van der Waals surface area contributed by atoms with E-state index in [-0.39, 0.29) is 5.54 Å². The molecule has 3 nitrogen and oxygen atoms in total. The van der Waals surface area contributed by atoms with Gasteiger partial charge in [-0.1, -0.05) is 6.07 Å². The lowest BCUT2D eigenvalue weighted by Gasteiger charge is -2.37. The molecule has 1 aromatic heterocycles. The highest BCUT2D eigenvalue weighted by molar-refractivity contribution is 7.09. The quantitative estimate of drug-likeness (QED) is 0.854. The first-order chi connectivity index (χ1) is 9.73. The van der Waals surface area contributed by atoms with Crippen LogP contribution in [0.5, 0.6) is 0 Å². The lowest BCUT2D eigenvalue weighted by molar-refractivity contribution is -0.131. The molecule has 2 fully saturated rings. The maximum Gasteiger partial charge on any atom is 0.223 e. The van der Waals surface area contributed by atoms with Crippen LogP contribution in [0.25, 0.3) is 0 Å². The van der Waals surface area contributed by atoms with Crippen molar-refractivity contribution in [3.63, 3.8) is 0 Å². The second-order valence-corrected chi connectivity index (χ2v) is 7.10. The number of nitrogens with zero attached hydrogens (tertiary/aromatic N) is 2. The molecule has 0 unspecified atom stereocenters. The van der Waals surface area contributed by atoms with Crippen LogP contribution in [0.4, 0.5) is 0 Å². The van der Waals surface area contributed by atoms with Gasteiger partial charge in [-0.25, -0.2) is 0 Å². The van der Waals surface area contributed by atoms with Crippen LogP contribution in [-0.2, 0) is 11.3 Å². The predicted molar refractivity (Wildman–Crippen MR) is 82.8 cm³/mol. The molecule has 1 amide bonds. The predicted octanol–water partition coefficient (Wildman–Crippen LogP) is 3.12. The SMILES string of the molecule is CCN1C(=O)CC[C@@]12CCCN(Cc1cccs1)CC2. The van der Waals surface area contributed by atoms with Crippen LogP contribution in [0.15, 0.2) is 17.5 Å². The zero-order valence-corrected chi connectivity index (χ0v) is 13.1. The molecule has 0 aliphatic carbocycles. The summed E-state index contributed by atoms with van der Waals surface area (Å²) in [6.45, 7) is 6.38. The third kappa shape index (κ3) is 2.63. The van der Waals surface area contributed by atoms with E-state index in [0.29, 0.717) is 5.91 Å². The molecular weight excluding hydrogens is 268 g/mol. The van der Waals surface area contributed by atoms with Crippen molar-refractivity contribution in [1.82, 2.24) is 9.80 Å². The van der Waals surface area contributed by atoms with Gasteiger partial charge in [-0.15, -0.1) is 11.3 Å². The van der Waals surface area contributed by atoms with Crippen molar-refractivity contribution in [1.29, 1.82) is 0 Å². The second kappa shape index (κ2) is 5.86. The fraction of sp³-hybridized carbons (Fsp3) is 0.688. The molecule has 0 saturated carbocycles. The number of rotatable bonds is 3.